The normalized spacial score (nSPS) is 17.1. The maximum atomic E-state index is 16.7. The molecule has 2 aliphatic heterocycles. The van der Waals surface area contributed by atoms with E-state index in [-0.39, 0.29) is 0 Å². The van der Waals surface area contributed by atoms with Crippen LogP contribution in [-0.4, -0.2) is 19.9 Å². The second-order valence-electron chi connectivity index (χ2n) is 16.5. The van der Waals surface area contributed by atoms with Crippen LogP contribution in [0.5, 0.6) is 0 Å². The third-order valence-corrected chi connectivity index (χ3v) is 16.3. The second-order valence-corrected chi connectivity index (χ2v) is 19.2. The van der Waals surface area contributed by atoms with Gasteiger partial charge in [-0.25, -0.2) is 9.97 Å². The van der Waals surface area contributed by atoms with Crippen LogP contribution >= 0.6 is 7.14 Å². The lowest BCUT2D eigenvalue weighted by Crippen LogP contribution is -2.49. The molecule has 0 aliphatic carbocycles. The van der Waals surface area contributed by atoms with Crippen LogP contribution in [0.25, 0.3) is 55.8 Å². The molecule has 0 saturated heterocycles. The van der Waals surface area contributed by atoms with Crippen LogP contribution in [0, 0.1) is 0 Å². The minimum Gasteiger partial charge on any atom is -0.456 e. The predicted octanol–water partition coefficient (Wildman–Crippen LogP) is 12.3. The fourth-order valence-electron chi connectivity index (χ4n) is 10.3. The van der Waals surface area contributed by atoms with Crippen molar-refractivity contribution in [2.45, 2.75) is 5.41 Å². The summed E-state index contributed by atoms with van der Waals surface area (Å²) < 4.78 is 23.4. The van der Waals surface area contributed by atoms with Crippen molar-refractivity contribution < 1.29 is 8.98 Å². The Hall–Kier alpha value is -8.25. The summed E-state index contributed by atoms with van der Waals surface area (Å²) in [7, 11) is -3.51. The number of pyridine rings is 2. The highest BCUT2D eigenvalue weighted by Crippen LogP contribution is 2.63. The topological polar surface area (TPSA) is 85.0 Å². The molecule has 0 fully saturated rings. The average Bonchev–Trinajstić information content (AvgIpc) is 3.75. The van der Waals surface area contributed by atoms with Crippen LogP contribution in [0.15, 0.2) is 223 Å². The summed E-state index contributed by atoms with van der Waals surface area (Å²) in [6.07, 6.45) is 7.19. The standard InChI is InChI=1S/C57H36N5O2P/c63-65(41-19-5-2-6-20-41)54-26-12-9-23-46(54)57(47-32-43-42-21-7-11-25-52(42)64-53(43)34-55(47)65)44-22-8-10-24-50(44)62(40-17-3-1-4-18-40)51-31-37(27-28-45(51)57)56-60-48(38-15-13-29-58-35-38)33-49(61-56)39-16-14-30-59-36-39/h1-36H. The molecule has 8 heteroatoms. The Kier molecular flexibility index (Phi) is 8.26. The molecule has 6 heterocycles. The van der Waals surface area contributed by atoms with Gasteiger partial charge in [-0.2, -0.15) is 0 Å². The van der Waals surface area contributed by atoms with Crippen molar-refractivity contribution in [2.75, 3.05) is 4.90 Å². The number of fused-ring (bicyclic) bond motifs is 11. The van der Waals surface area contributed by atoms with Gasteiger partial charge in [-0.1, -0.05) is 121 Å². The molecule has 2 atom stereocenters. The molecule has 0 saturated carbocycles. The van der Waals surface area contributed by atoms with Gasteiger partial charge < -0.3 is 13.9 Å². The van der Waals surface area contributed by atoms with Crippen LogP contribution in [-0.2, 0) is 9.98 Å². The lowest BCUT2D eigenvalue weighted by Gasteiger charge is -2.50. The Morgan fingerprint density at radius 1 is 0.462 bits per heavy atom. The summed E-state index contributed by atoms with van der Waals surface area (Å²) in [5.41, 5.74) is 11.7. The Balaban J connectivity index is 1.16. The molecule has 0 amide bonds. The molecular formula is C57H36N5O2P. The van der Waals surface area contributed by atoms with E-state index < -0.39 is 12.6 Å². The average molecular weight is 854 g/mol. The van der Waals surface area contributed by atoms with E-state index in [0.717, 1.165) is 99.7 Å². The van der Waals surface area contributed by atoms with Gasteiger partial charge in [-0.3, -0.25) is 9.97 Å². The molecule has 13 rings (SSSR count). The van der Waals surface area contributed by atoms with Crippen molar-refractivity contribution in [3.63, 3.8) is 0 Å². The Bertz CT molecular complexity index is 3650. The Morgan fingerprint density at radius 2 is 1.11 bits per heavy atom. The zero-order chi connectivity index (χ0) is 43.1. The van der Waals surface area contributed by atoms with Gasteiger partial charge in [0.15, 0.2) is 13.0 Å². The van der Waals surface area contributed by atoms with Gasteiger partial charge in [-0.05, 0) is 95.1 Å². The van der Waals surface area contributed by atoms with Gasteiger partial charge in [0, 0.05) is 73.9 Å². The highest BCUT2D eigenvalue weighted by molar-refractivity contribution is 7.85. The largest absolute Gasteiger partial charge is 0.456 e. The minimum absolute atomic E-state index is 0.568. The molecule has 0 bridgehead atoms. The zero-order valence-electron chi connectivity index (χ0n) is 34.8. The molecule has 0 radical (unpaired) electrons. The molecule has 65 heavy (non-hydrogen) atoms. The van der Waals surface area contributed by atoms with Crippen LogP contribution < -0.4 is 20.8 Å². The second kappa shape index (κ2) is 14.4. The number of furan rings is 1. The van der Waals surface area contributed by atoms with Crippen molar-refractivity contribution in [3.8, 4) is 33.9 Å². The van der Waals surface area contributed by atoms with Crippen molar-refractivity contribution in [2.24, 2.45) is 0 Å². The molecule has 7 aromatic carbocycles. The molecule has 7 nitrogen and oxygen atoms in total. The van der Waals surface area contributed by atoms with Crippen LogP contribution in [0.1, 0.15) is 22.3 Å². The Morgan fingerprint density at radius 3 is 1.85 bits per heavy atom. The van der Waals surface area contributed by atoms with Crippen molar-refractivity contribution in [1.82, 2.24) is 19.9 Å². The number of aromatic nitrogens is 4. The SMILES string of the molecule is O=P1(c2ccccc2)c2ccccc2C2(c3ccccc3N(c3ccccc3)c3cc(-c4nc(-c5cccnc5)cc(-c5cccnc5)n4)ccc32)c2cc3c(cc21)oc1ccccc13. The van der Waals surface area contributed by atoms with Gasteiger partial charge >= 0.3 is 0 Å². The summed E-state index contributed by atoms with van der Waals surface area (Å²) in [6, 6.07) is 66.5. The summed E-state index contributed by atoms with van der Waals surface area (Å²) in [5, 5.41) is 4.33. The van der Waals surface area contributed by atoms with Gasteiger partial charge in [0.25, 0.3) is 0 Å². The first-order valence-corrected chi connectivity index (χ1v) is 23.3. The van der Waals surface area contributed by atoms with E-state index >= 15 is 4.57 Å². The molecule has 306 valence electrons. The van der Waals surface area contributed by atoms with E-state index in [9.17, 15) is 0 Å². The third-order valence-electron chi connectivity index (χ3n) is 13.1. The lowest BCUT2D eigenvalue weighted by atomic mass is 9.62. The molecule has 2 aliphatic rings. The van der Waals surface area contributed by atoms with E-state index in [1.165, 1.54) is 0 Å². The maximum Gasteiger partial charge on any atom is 0.171 e. The number of nitrogens with zero attached hydrogens (tertiary/aromatic N) is 5. The number of hydrogen-bond acceptors (Lipinski definition) is 7. The number of anilines is 3. The van der Waals surface area contributed by atoms with Gasteiger partial charge in [-0.15, -0.1) is 0 Å². The fraction of sp³-hybridized carbons (Fsp3) is 0.0175. The first-order chi connectivity index (χ1) is 32.1. The van der Waals surface area contributed by atoms with Crippen molar-refractivity contribution in [3.05, 3.63) is 241 Å². The number of benzene rings is 7. The molecule has 11 aromatic rings. The summed E-state index contributed by atoms with van der Waals surface area (Å²) >= 11 is 0. The summed E-state index contributed by atoms with van der Waals surface area (Å²) in [4.78, 5) is 21.7. The van der Waals surface area contributed by atoms with E-state index in [1.54, 1.807) is 12.4 Å². The summed E-state index contributed by atoms with van der Waals surface area (Å²) in [6.45, 7) is 0. The van der Waals surface area contributed by atoms with E-state index in [1.807, 2.05) is 103 Å². The first-order valence-electron chi connectivity index (χ1n) is 21.6. The Labute approximate surface area is 374 Å². The number of para-hydroxylation sites is 3. The molecule has 2 unspecified atom stereocenters. The fourth-order valence-corrected chi connectivity index (χ4v) is 13.5. The van der Waals surface area contributed by atoms with E-state index in [0.29, 0.717) is 11.4 Å². The molecule has 1 spiro atoms. The van der Waals surface area contributed by atoms with E-state index in [4.69, 9.17) is 14.4 Å². The third kappa shape index (κ3) is 5.46. The monoisotopic (exact) mass is 853 g/mol. The smallest absolute Gasteiger partial charge is 0.171 e. The van der Waals surface area contributed by atoms with Crippen LogP contribution in [0.2, 0.25) is 0 Å². The zero-order valence-corrected chi connectivity index (χ0v) is 35.7. The van der Waals surface area contributed by atoms with Gasteiger partial charge in [0.05, 0.1) is 28.2 Å². The van der Waals surface area contributed by atoms with Crippen molar-refractivity contribution >= 4 is 62.1 Å². The highest BCUT2D eigenvalue weighted by Gasteiger charge is 2.55. The van der Waals surface area contributed by atoms with E-state index in [2.05, 4.69) is 118 Å². The molecule has 4 aromatic heterocycles. The van der Waals surface area contributed by atoms with Crippen LogP contribution in [0.3, 0.4) is 0 Å². The quantitative estimate of drug-likeness (QED) is 0.159. The van der Waals surface area contributed by atoms with Gasteiger partial charge in [0.1, 0.15) is 11.2 Å². The highest BCUT2D eigenvalue weighted by atomic mass is 31.2. The summed E-state index contributed by atoms with van der Waals surface area (Å²) in [5.74, 6) is 0.568. The number of hydrogen-bond donors (Lipinski definition) is 0. The predicted molar refractivity (Wildman–Crippen MR) is 261 cm³/mol. The van der Waals surface area contributed by atoms with Crippen molar-refractivity contribution in [1.29, 1.82) is 0 Å². The minimum atomic E-state index is -3.51. The van der Waals surface area contributed by atoms with Gasteiger partial charge in [0.2, 0.25) is 0 Å². The number of rotatable bonds is 5. The van der Waals surface area contributed by atoms with Crippen LogP contribution in [0.4, 0.5) is 17.1 Å². The molecular weight excluding hydrogens is 818 g/mol. The molecule has 0 N–H and O–H groups in total. The maximum absolute atomic E-state index is 16.7. The first kappa shape index (κ1) is 37.3. The lowest BCUT2D eigenvalue weighted by molar-refractivity contribution is 0.590.